The van der Waals surface area contributed by atoms with Crippen molar-refractivity contribution in [3.05, 3.63) is 42.8 Å². The molecule has 1 unspecified atom stereocenters. The second-order valence-electron chi connectivity index (χ2n) is 6.25. The van der Waals surface area contributed by atoms with Crippen LogP contribution in [-0.2, 0) is 0 Å². The summed E-state index contributed by atoms with van der Waals surface area (Å²) in [4.78, 5) is 15.9. The minimum Gasteiger partial charge on any atom is -0.490 e. The number of urea groups is 1. The summed E-state index contributed by atoms with van der Waals surface area (Å²) in [5.41, 5.74) is 2.14. The van der Waals surface area contributed by atoms with Crippen molar-refractivity contribution < 1.29 is 9.53 Å². The Morgan fingerprint density at radius 2 is 2.37 bits per heavy atom. The summed E-state index contributed by atoms with van der Waals surface area (Å²) in [5.74, 6) is 0.733. The first kappa shape index (κ1) is 19.2. The van der Waals surface area contributed by atoms with Gasteiger partial charge in [-0.05, 0) is 52.5 Å². The lowest BCUT2D eigenvalue weighted by Gasteiger charge is -2.36. The van der Waals surface area contributed by atoms with Gasteiger partial charge in [0.2, 0.25) is 0 Å². The van der Waals surface area contributed by atoms with E-state index in [0.29, 0.717) is 18.8 Å². The SMILES string of the molecule is C=C(C)NC(=O)N(C)c1ccc2c(c1)N(C(C#N)C1=INC=CC1)CCO2. The van der Waals surface area contributed by atoms with Crippen LogP contribution < -0.4 is 23.4 Å². The number of ether oxygens (including phenoxy) is 1. The number of fused-ring (bicyclic) bond motifs is 1. The van der Waals surface area contributed by atoms with Gasteiger partial charge in [-0.2, -0.15) is 5.26 Å². The molecule has 142 valence electrons. The number of halogens is 1. The van der Waals surface area contributed by atoms with Crippen LogP contribution in [0.15, 0.2) is 42.8 Å². The van der Waals surface area contributed by atoms with Crippen LogP contribution in [0.5, 0.6) is 5.75 Å². The molecule has 0 radical (unpaired) electrons. The third-order valence-corrected chi connectivity index (χ3v) is 6.65. The third kappa shape index (κ3) is 4.24. The number of amides is 2. The molecule has 7 nitrogen and oxygen atoms in total. The molecular weight excluding hydrogens is 457 g/mol. The quantitative estimate of drug-likeness (QED) is 0.513. The second-order valence-corrected chi connectivity index (χ2v) is 8.80. The molecule has 0 aliphatic carbocycles. The van der Waals surface area contributed by atoms with E-state index >= 15 is 0 Å². The van der Waals surface area contributed by atoms with Gasteiger partial charge in [-0.3, -0.25) is 4.90 Å². The molecule has 0 saturated heterocycles. The van der Waals surface area contributed by atoms with Gasteiger partial charge in [0.1, 0.15) is 18.4 Å². The molecule has 0 saturated carbocycles. The molecule has 0 bridgehead atoms. The smallest absolute Gasteiger partial charge is 0.325 e. The van der Waals surface area contributed by atoms with Crippen molar-refractivity contribution in [2.24, 2.45) is 0 Å². The van der Waals surface area contributed by atoms with Gasteiger partial charge in [-0.25, -0.2) is 4.79 Å². The van der Waals surface area contributed by atoms with Gasteiger partial charge in [-0.15, -0.1) is 0 Å². The zero-order valence-corrected chi connectivity index (χ0v) is 17.5. The standard InChI is InChI=1S/C19H22IN5O2/c1-13(2)23-19(26)24(3)14-6-7-18-16(11-14)25(9-10-27-18)17(12-21)15-5-4-8-22-20-15/h4,6-8,11,17,22H,1,5,9-10H2,2-3H3,(H,23,26). The highest BCUT2D eigenvalue weighted by Gasteiger charge is 2.29. The van der Waals surface area contributed by atoms with Gasteiger partial charge in [0.05, 0.1) is 18.3 Å². The lowest BCUT2D eigenvalue weighted by atomic mass is 10.1. The summed E-state index contributed by atoms with van der Waals surface area (Å²) in [6, 6.07) is 7.50. The molecule has 0 spiro atoms. The molecule has 1 atom stereocenters. The van der Waals surface area contributed by atoms with E-state index in [1.54, 1.807) is 14.0 Å². The number of hydrogen-bond donors (Lipinski definition) is 2. The third-order valence-electron chi connectivity index (χ3n) is 4.25. The maximum Gasteiger partial charge on any atom is 0.325 e. The normalized spacial score (nSPS) is 16.3. The fraction of sp³-hybridized carbons (Fsp3) is 0.316. The maximum atomic E-state index is 12.3. The Kier molecular flexibility index (Phi) is 6.01. The number of allylic oxidation sites excluding steroid dienone is 2. The molecular formula is C19H22IN5O2. The Morgan fingerprint density at radius 1 is 1.56 bits per heavy atom. The fourth-order valence-electron chi connectivity index (χ4n) is 2.92. The highest BCUT2D eigenvalue weighted by atomic mass is 127. The number of nitriles is 1. The Balaban J connectivity index is 1.92. The Morgan fingerprint density at radius 3 is 3.04 bits per heavy atom. The van der Waals surface area contributed by atoms with Crippen LogP contribution in [0.4, 0.5) is 16.2 Å². The first-order chi connectivity index (χ1) is 13.0. The van der Waals surface area contributed by atoms with Crippen LogP contribution in [0.25, 0.3) is 0 Å². The molecule has 0 fully saturated rings. The van der Waals surface area contributed by atoms with Crippen LogP contribution >= 0.6 is 21.0 Å². The number of carbonyl (C=O) groups is 1. The van der Waals surface area contributed by atoms with Gasteiger partial charge < -0.3 is 18.5 Å². The summed E-state index contributed by atoms with van der Waals surface area (Å²) in [5, 5.41) is 12.5. The number of anilines is 2. The molecule has 27 heavy (non-hydrogen) atoms. The molecule has 2 aliphatic heterocycles. The molecule has 1 aromatic rings. The highest BCUT2D eigenvalue weighted by molar-refractivity contribution is 14.2. The second kappa shape index (κ2) is 8.43. The predicted octanol–water partition coefficient (Wildman–Crippen LogP) is 3.02. The summed E-state index contributed by atoms with van der Waals surface area (Å²) in [7, 11) is 1.70. The molecule has 2 heterocycles. The van der Waals surface area contributed by atoms with Gasteiger partial charge >= 0.3 is 6.03 Å². The molecule has 2 N–H and O–H groups in total. The molecule has 2 aliphatic rings. The average Bonchev–Trinajstić information content (AvgIpc) is 2.68. The van der Waals surface area contributed by atoms with E-state index in [1.165, 1.54) is 8.41 Å². The van der Waals surface area contributed by atoms with Crippen LogP contribution in [-0.4, -0.2) is 35.8 Å². The summed E-state index contributed by atoms with van der Waals surface area (Å²) in [6.07, 6.45) is 4.84. The Hall–Kier alpha value is -2.54. The Bertz CT molecular complexity index is 858. The van der Waals surface area contributed by atoms with Crippen molar-refractivity contribution in [2.45, 2.75) is 19.4 Å². The zero-order valence-electron chi connectivity index (χ0n) is 15.3. The highest BCUT2D eigenvalue weighted by Crippen LogP contribution is 2.37. The van der Waals surface area contributed by atoms with Gasteiger partial charge in [0.25, 0.3) is 0 Å². The van der Waals surface area contributed by atoms with E-state index in [0.717, 1.165) is 23.5 Å². The number of hydrogen-bond acceptors (Lipinski definition) is 5. The topological polar surface area (TPSA) is 80.6 Å². The summed E-state index contributed by atoms with van der Waals surface area (Å²) < 4.78 is 10.3. The van der Waals surface area contributed by atoms with Gasteiger partial charge in [-0.1, -0.05) is 12.7 Å². The van der Waals surface area contributed by atoms with Crippen molar-refractivity contribution in [3.8, 4) is 11.8 Å². The van der Waals surface area contributed by atoms with E-state index < -0.39 is 0 Å². The van der Waals surface area contributed by atoms with E-state index in [1.807, 2.05) is 24.4 Å². The lowest BCUT2D eigenvalue weighted by Crippen LogP contribution is -2.45. The number of nitrogens with zero attached hydrogens (tertiary/aromatic N) is 3. The van der Waals surface area contributed by atoms with Crippen molar-refractivity contribution in [3.63, 3.8) is 0 Å². The minimum absolute atomic E-state index is 0.260. The number of nitrogens with one attached hydrogen (secondary N) is 2. The van der Waals surface area contributed by atoms with Crippen molar-refractivity contribution >= 4 is 41.9 Å². The zero-order chi connectivity index (χ0) is 19.4. The first-order valence-electron chi connectivity index (χ1n) is 8.54. The van der Waals surface area contributed by atoms with Gasteiger partial charge in [0.15, 0.2) is 0 Å². The van der Waals surface area contributed by atoms with Crippen LogP contribution in [0.3, 0.4) is 0 Å². The van der Waals surface area contributed by atoms with Crippen molar-refractivity contribution in [1.29, 1.82) is 5.26 Å². The number of benzene rings is 1. The minimum atomic E-state index is -0.366. The van der Waals surface area contributed by atoms with E-state index in [-0.39, 0.29) is 33.1 Å². The molecule has 8 heteroatoms. The van der Waals surface area contributed by atoms with Crippen molar-refractivity contribution in [1.82, 2.24) is 8.85 Å². The van der Waals surface area contributed by atoms with Gasteiger partial charge in [0, 0.05) is 28.1 Å². The van der Waals surface area contributed by atoms with Crippen LogP contribution in [0.1, 0.15) is 13.3 Å². The average molecular weight is 479 g/mol. The first-order valence-corrected chi connectivity index (χ1v) is 10.7. The summed E-state index contributed by atoms with van der Waals surface area (Å²) >= 11 is -0.366. The lowest BCUT2D eigenvalue weighted by molar-refractivity contribution is 0.250. The molecule has 0 aromatic heterocycles. The van der Waals surface area contributed by atoms with E-state index in [2.05, 4.69) is 32.5 Å². The number of carbonyl (C=O) groups excluding carboxylic acids is 1. The summed E-state index contributed by atoms with van der Waals surface area (Å²) in [6.45, 7) is 6.61. The van der Waals surface area contributed by atoms with E-state index in [9.17, 15) is 10.1 Å². The largest absolute Gasteiger partial charge is 0.490 e. The fourth-order valence-corrected chi connectivity index (χ4v) is 4.99. The number of rotatable bonds is 4. The monoisotopic (exact) mass is 479 g/mol. The molecule has 2 amide bonds. The molecule has 1 aromatic carbocycles. The van der Waals surface area contributed by atoms with Crippen LogP contribution in [0, 0.1) is 11.3 Å². The molecule has 3 rings (SSSR count). The van der Waals surface area contributed by atoms with Crippen molar-refractivity contribution in [2.75, 3.05) is 30.0 Å². The maximum absolute atomic E-state index is 12.3. The van der Waals surface area contributed by atoms with Crippen LogP contribution in [0.2, 0.25) is 0 Å². The Labute approximate surface area is 169 Å². The predicted molar refractivity (Wildman–Crippen MR) is 116 cm³/mol. The van der Waals surface area contributed by atoms with E-state index in [4.69, 9.17) is 4.74 Å².